The zero-order chi connectivity index (χ0) is 17.2. The molecule has 1 atom stereocenters. The van der Waals surface area contributed by atoms with Crippen LogP contribution < -0.4 is 4.74 Å². The molecule has 1 unspecified atom stereocenters. The maximum absolute atomic E-state index is 10.2. The third-order valence-electron chi connectivity index (χ3n) is 4.44. The summed E-state index contributed by atoms with van der Waals surface area (Å²) in [6, 6.07) is 7.95. The maximum Gasteiger partial charge on any atom is 0.119 e. The first kappa shape index (κ1) is 19.2. The summed E-state index contributed by atoms with van der Waals surface area (Å²) in [7, 11) is 1.98. The number of hydrogen-bond acceptors (Lipinski definition) is 5. The summed E-state index contributed by atoms with van der Waals surface area (Å²) in [5, 5.41) is 19.2. The van der Waals surface area contributed by atoms with Gasteiger partial charge in [0.25, 0.3) is 0 Å². The third-order valence-corrected chi connectivity index (χ3v) is 4.44. The van der Waals surface area contributed by atoms with E-state index in [1.165, 1.54) is 25.7 Å². The van der Waals surface area contributed by atoms with Crippen molar-refractivity contribution >= 4 is 0 Å². The Morgan fingerprint density at radius 2 is 1.96 bits per heavy atom. The Morgan fingerprint density at radius 3 is 2.67 bits per heavy atom. The number of ether oxygens (including phenoxy) is 1. The molecule has 0 aromatic heterocycles. The van der Waals surface area contributed by atoms with E-state index in [1.54, 1.807) is 0 Å². The zero-order valence-electron chi connectivity index (χ0n) is 14.9. The van der Waals surface area contributed by atoms with Crippen molar-refractivity contribution in [1.82, 2.24) is 9.80 Å². The predicted octanol–water partition coefficient (Wildman–Crippen LogP) is 1.73. The monoisotopic (exact) mass is 336 g/mol. The molecule has 0 spiro atoms. The number of aliphatic hydroxyl groups is 2. The Morgan fingerprint density at radius 1 is 1.21 bits per heavy atom. The van der Waals surface area contributed by atoms with Gasteiger partial charge < -0.3 is 19.8 Å². The lowest BCUT2D eigenvalue weighted by molar-refractivity contribution is 0.0693. The van der Waals surface area contributed by atoms with Crippen molar-refractivity contribution in [2.24, 2.45) is 0 Å². The SMILES string of the molecule is CN(CCO)Cc1cccc(OCC(O)CN2CCCCCC2)c1. The van der Waals surface area contributed by atoms with Gasteiger partial charge in [0, 0.05) is 19.6 Å². The standard InChI is InChI=1S/C19H32N2O3/c1-20(11-12-22)14-17-7-6-8-19(13-17)24-16-18(23)15-21-9-4-2-3-5-10-21/h6-8,13,18,22-23H,2-5,9-12,14-16H2,1H3. The van der Waals surface area contributed by atoms with E-state index in [4.69, 9.17) is 9.84 Å². The summed E-state index contributed by atoms with van der Waals surface area (Å²) in [6.45, 7) is 4.78. The van der Waals surface area contributed by atoms with Gasteiger partial charge in [0.2, 0.25) is 0 Å². The second-order valence-electron chi connectivity index (χ2n) is 6.79. The van der Waals surface area contributed by atoms with Gasteiger partial charge in [-0.25, -0.2) is 0 Å². The van der Waals surface area contributed by atoms with Gasteiger partial charge in [0.05, 0.1) is 6.61 Å². The number of rotatable bonds is 9. The van der Waals surface area contributed by atoms with Crippen LogP contribution in [0.2, 0.25) is 0 Å². The molecule has 1 aromatic carbocycles. The van der Waals surface area contributed by atoms with Crippen LogP contribution in [-0.2, 0) is 6.54 Å². The van der Waals surface area contributed by atoms with Crippen LogP contribution in [0.3, 0.4) is 0 Å². The lowest BCUT2D eigenvalue weighted by Gasteiger charge is -2.23. The van der Waals surface area contributed by atoms with E-state index >= 15 is 0 Å². The second kappa shape index (κ2) is 10.7. The Labute approximate surface area is 145 Å². The molecular weight excluding hydrogens is 304 g/mol. The van der Waals surface area contributed by atoms with Crippen LogP contribution in [0.25, 0.3) is 0 Å². The van der Waals surface area contributed by atoms with E-state index in [0.717, 1.165) is 30.9 Å². The number of benzene rings is 1. The fourth-order valence-corrected chi connectivity index (χ4v) is 3.16. The van der Waals surface area contributed by atoms with Gasteiger partial charge in [0.1, 0.15) is 18.5 Å². The van der Waals surface area contributed by atoms with Crippen LogP contribution >= 0.6 is 0 Å². The molecule has 2 N–H and O–H groups in total. The lowest BCUT2D eigenvalue weighted by Crippen LogP contribution is -2.36. The average Bonchev–Trinajstić information content (AvgIpc) is 2.82. The fraction of sp³-hybridized carbons (Fsp3) is 0.684. The Hall–Kier alpha value is -1.14. The molecule has 1 fully saturated rings. The van der Waals surface area contributed by atoms with Gasteiger partial charge in [0.15, 0.2) is 0 Å². The third kappa shape index (κ3) is 7.18. The largest absolute Gasteiger partial charge is 0.491 e. The van der Waals surface area contributed by atoms with Crippen LogP contribution in [0.15, 0.2) is 24.3 Å². The van der Waals surface area contributed by atoms with Crippen molar-refractivity contribution in [3.8, 4) is 5.75 Å². The summed E-state index contributed by atoms with van der Waals surface area (Å²) in [6.07, 6.45) is 4.62. The minimum atomic E-state index is -0.455. The number of likely N-dealkylation sites (tertiary alicyclic amines) is 1. The van der Waals surface area contributed by atoms with E-state index in [1.807, 2.05) is 31.3 Å². The topological polar surface area (TPSA) is 56.2 Å². The van der Waals surface area contributed by atoms with Gasteiger partial charge in [-0.15, -0.1) is 0 Å². The molecule has 0 saturated carbocycles. The maximum atomic E-state index is 10.2. The number of likely N-dealkylation sites (N-methyl/N-ethyl adjacent to an activating group) is 1. The number of β-amino-alcohol motifs (C(OH)–C–C–N with tert-alkyl or cyclic N) is 1. The Balaban J connectivity index is 1.76. The quantitative estimate of drug-likeness (QED) is 0.719. The summed E-state index contributed by atoms with van der Waals surface area (Å²) < 4.78 is 5.78. The highest BCUT2D eigenvalue weighted by Crippen LogP contribution is 2.15. The van der Waals surface area contributed by atoms with Gasteiger partial charge in [-0.3, -0.25) is 4.90 Å². The highest BCUT2D eigenvalue weighted by Gasteiger charge is 2.14. The molecule has 0 aliphatic carbocycles. The molecule has 1 aliphatic rings. The molecule has 1 aliphatic heterocycles. The molecule has 5 heteroatoms. The molecule has 1 saturated heterocycles. The smallest absolute Gasteiger partial charge is 0.119 e. The molecule has 0 radical (unpaired) electrons. The first-order valence-corrected chi connectivity index (χ1v) is 9.09. The Kier molecular flexibility index (Phi) is 8.53. The highest BCUT2D eigenvalue weighted by molar-refractivity contribution is 5.28. The second-order valence-corrected chi connectivity index (χ2v) is 6.79. The minimum Gasteiger partial charge on any atom is -0.491 e. The van der Waals surface area contributed by atoms with Gasteiger partial charge in [-0.05, 0) is 50.7 Å². The van der Waals surface area contributed by atoms with E-state index in [-0.39, 0.29) is 6.61 Å². The highest BCUT2D eigenvalue weighted by atomic mass is 16.5. The van der Waals surface area contributed by atoms with Crippen LogP contribution in [0.5, 0.6) is 5.75 Å². The Bertz CT molecular complexity index is 462. The first-order valence-electron chi connectivity index (χ1n) is 9.09. The average molecular weight is 336 g/mol. The predicted molar refractivity (Wildman–Crippen MR) is 96.3 cm³/mol. The number of hydrogen-bond donors (Lipinski definition) is 2. The van der Waals surface area contributed by atoms with Crippen LogP contribution in [0.4, 0.5) is 0 Å². The van der Waals surface area contributed by atoms with Crippen molar-refractivity contribution in [3.05, 3.63) is 29.8 Å². The molecule has 1 heterocycles. The van der Waals surface area contributed by atoms with Crippen molar-refractivity contribution < 1.29 is 14.9 Å². The fourth-order valence-electron chi connectivity index (χ4n) is 3.16. The van der Waals surface area contributed by atoms with E-state index in [9.17, 15) is 5.11 Å². The summed E-state index contributed by atoms with van der Waals surface area (Å²) in [5.41, 5.74) is 1.14. The molecule has 1 aromatic rings. The number of nitrogens with zero attached hydrogens (tertiary/aromatic N) is 2. The van der Waals surface area contributed by atoms with Crippen molar-refractivity contribution in [3.63, 3.8) is 0 Å². The van der Waals surface area contributed by atoms with Crippen LogP contribution in [0.1, 0.15) is 31.2 Å². The molecule has 0 bridgehead atoms. The zero-order valence-corrected chi connectivity index (χ0v) is 14.9. The molecule has 0 amide bonds. The lowest BCUT2D eigenvalue weighted by atomic mass is 10.2. The van der Waals surface area contributed by atoms with Crippen molar-refractivity contribution in [2.45, 2.75) is 38.3 Å². The summed E-state index contributed by atoms with van der Waals surface area (Å²) in [4.78, 5) is 4.41. The van der Waals surface area contributed by atoms with Gasteiger partial charge in [-0.2, -0.15) is 0 Å². The normalized spacial score (nSPS) is 17.7. The molecule has 136 valence electrons. The van der Waals surface area contributed by atoms with Gasteiger partial charge in [-0.1, -0.05) is 25.0 Å². The molecule has 24 heavy (non-hydrogen) atoms. The van der Waals surface area contributed by atoms with E-state index < -0.39 is 6.10 Å². The molecule has 5 nitrogen and oxygen atoms in total. The first-order chi connectivity index (χ1) is 11.7. The van der Waals surface area contributed by atoms with Gasteiger partial charge >= 0.3 is 0 Å². The summed E-state index contributed by atoms with van der Waals surface area (Å²) in [5.74, 6) is 0.791. The van der Waals surface area contributed by atoms with E-state index in [0.29, 0.717) is 19.7 Å². The van der Waals surface area contributed by atoms with E-state index in [2.05, 4.69) is 9.80 Å². The van der Waals surface area contributed by atoms with Crippen LogP contribution in [0, 0.1) is 0 Å². The van der Waals surface area contributed by atoms with Crippen molar-refractivity contribution in [1.29, 1.82) is 0 Å². The minimum absolute atomic E-state index is 0.162. The van der Waals surface area contributed by atoms with Crippen LogP contribution in [-0.4, -0.2) is 72.6 Å². The summed E-state index contributed by atoms with van der Waals surface area (Å²) >= 11 is 0. The molecule has 2 rings (SSSR count). The van der Waals surface area contributed by atoms with Crippen molar-refractivity contribution in [2.75, 3.05) is 46.4 Å². The molecular formula is C19H32N2O3. The number of aliphatic hydroxyl groups excluding tert-OH is 2.